The van der Waals surface area contributed by atoms with Gasteiger partial charge in [0.05, 0.1) is 21.3 Å². The lowest BCUT2D eigenvalue weighted by atomic mass is 10.0. The van der Waals surface area contributed by atoms with Crippen molar-refractivity contribution in [1.29, 1.82) is 0 Å². The minimum atomic E-state index is -4.78. The molecule has 1 atom stereocenters. The summed E-state index contributed by atoms with van der Waals surface area (Å²) in [4.78, 5) is 20.5. The van der Waals surface area contributed by atoms with Crippen LogP contribution < -0.4 is 16.4 Å². The molecule has 3 aromatic rings. The predicted octanol–water partition coefficient (Wildman–Crippen LogP) is 3.45. The molecule has 2 aromatic heterocycles. The number of amides is 1. The largest absolute Gasteiger partial charge is 0.416 e. The topological polar surface area (TPSA) is 113 Å². The number of halogens is 3. The molecule has 0 aliphatic carbocycles. The summed E-state index contributed by atoms with van der Waals surface area (Å²) in [7, 11) is 0. The number of alkyl halides is 3. The van der Waals surface area contributed by atoms with Gasteiger partial charge in [0.1, 0.15) is 5.82 Å². The maximum atomic E-state index is 12.6. The summed E-state index contributed by atoms with van der Waals surface area (Å²) in [5.74, 6) is -0.270. The van der Waals surface area contributed by atoms with Crippen LogP contribution in [0.1, 0.15) is 23.7 Å². The van der Waals surface area contributed by atoms with Crippen molar-refractivity contribution in [2.45, 2.75) is 25.1 Å². The van der Waals surface area contributed by atoms with Crippen LogP contribution in [0.2, 0.25) is 0 Å². The summed E-state index contributed by atoms with van der Waals surface area (Å²) in [5, 5.41) is 14.8. The van der Waals surface area contributed by atoms with E-state index in [4.69, 9.17) is 5.73 Å². The minimum Gasteiger partial charge on any atom is -0.398 e. The molecule has 0 saturated carbocycles. The Labute approximate surface area is 167 Å². The Morgan fingerprint density at radius 3 is 2.72 bits per heavy atom. The highest BCUT2D eigenvalue weighted by molar-refractivity contribution is 7.16. The summed E-state index contributed by atoms with van der Waals surface area (Å²) in [6.45, 7) is 0.277. The fourth-order valence-electron chi connectivity index (χ4n) is 2.47. The fraction of sp³-hybridized carbons (Fsp3) is 0.278. The number of benzene rings is 1. The standard InChI is InChI=1S/C18H18F3N5O2S/c1-17(28,18(19,20)21)4-5-23-16(27)11-8-24-15(7-12(11)22)26-10-2-3-13-14(6-10)29-9-25-13/h2-3,6-9,28H,4-5H2,1H3,(H,23,27)(H3,22,24,26). The van der Waals surface area contributed by atoms with Crippen molar-refractivity contribution in [3.63, 3.8) is 0 Å². The van der Waals surface area contributed by atoms with Crippen molar-refractivity contribution in [3.05, 3.63) is 41.5 Å². The van der Waals surface area contributed by atoms with Crippen molar-refractivity contribution in [1.82, 2.24) is 15.3 Å². The second-order valence-electron chi connectivity index (χ2n) is 6.59. The molecule has 0 saturated heterocycles. The average molecular weight is 425 g/mol. The van der Waals surface area contributed by atoms with Crippen LogP contribution >= 0.6 is 11.3 Å². The molecule has 0 spiro atoms. The lowest BCUT2D eigenvalue weighted by molar-refractivity contribution is -0.254. The highest BCUT2D eigenvalue weighted by Gasteiger charge is 2.49. The van der Waals surface area contributed by atoms with E-state index in [1.807, 2.05) is 18.2 Å². The molecule has 0 aliphatic rings. The molecule has 2 heterocycles. The molecule has 5 N–H and O–H groups in total. The normalized spacial score (nSPS) is 13.8. The summed E-state index contributed by atoms with van der Waals surface area (Å²) in [6, 6.07) is 7.04. The predicted molar refractivity (Wildman–Crippen MR) is 105 cm³/mol. The number of nitrogens with zero attached hydrogens (tertiary/aromatic N) is 2. The highest BCUT2D eigenvalue weighted by atomic mass is 32.1. The van der Waals surface area contributed by atoms with Crippen molar-refractivity contribution in [2.75, 3.05) is 17.6 Å². The zero-order valence-corrected chi connectivity index (χ0v) is 16.1. The quantitative estimate of drug-likeness (QED) is 0.481. The molecule has 0 radical (unpaired) electrons. The molecule has 1 aromatic carbocycles. The number of rotatable bonds is 6. The lowest BCUT2D eigenvalue weighted by Gasteiger charge is -2.26. The smallest absolute Gasteiger partial charge is 0.398 e. The summed E-state index contributed by atoms with van der Waals surface area (Å²) in [6.07, 6.45) is -4.23. The van der Waals surface area contributed by atoms with Crippen LogP contribution in [0.25, 0.3) is 10.2 Å². The zero-order chi connectivity index (χ0) is 21.2. The van der Waals surface area contributed by atoms with Gasteiger partial charge in [-0.15, -0.1) is 11.3 Å². The number of hydrogen-bond acceptors (Lipinski definition) is 7. The summed E-state index contributed by atoms with van der Waals surface area (Å²) in [5.41, 5.74) is 6.53. The monoisotopic (exact) mass is 425 g/mol. The number of anilines is 3. The second kappa shape index (κ2) is 7.84. The van der Waals surface area contributed by atoms with Gasteiger partial charge in [-0.2, -0.15) is 13.2 Å². The molecule has 11 heteroatoms. The van der Waals surface area contributed by atoms with E-state index in [1.165, 1.54) is 23.6 Å². The molecule has 1 amide bonds. The number of fused-ring (bicyclic) bond motifs is 1. The second-order valence-corrected chi connectivity index (χ2v) is 7.48. The Morgan fingerprint density at radius 2 is 2.03 bits per heavy atom. The van der Waals surface area contributed by atoms with Crippen LogP contribution in [0.3, 0.4) is 0 Å². The van der Waals surface area contributed by atoms with Gasteiger partial charge in [-0.1, -0.05) is 0 Å². The van der Waals surface area contributed by atoms with E-state index in [0.29, 0.717) is 12.7 Å². The Hall–Kier alpha value is -2.92. The first kappa shape index (κ1) is 20.8. The molecule has 0 bridgehead atoms. The summed E-state index contributed by atoms with van der Waals surface area (Å²) < 4.78 is 38.9. The molecular formula is C18H18F3N5O2S. The number of carbonyl (C=O) groups excluding carboxylic acids is 1. The van der Waals surface area contributed by atoms with Gasteiger partial charge in [0.15, 0.2) is 5.60 Å². The third-order valence-corrected chi connectivity index (χ3v) is 5.08. The first-order chi connectivity index (χ1) is 13.6. The lowest BCUT2D eigenvalue weighted by Crippen LogP contribution is -2.44. The van der Waals surface area contributed by atoms with Crippen LogP contribution in [-0.2, 0) is 0 Å². The number of thiazole rings is 1. The van der Waals surface area contributed by atoms with Crippen LogP contribution in [0.5, 0.6) is 0 Å². The first-order valence-electron chi connectivity index (χ1n) is 8.50. The molecule has 1 unspecified atom stereocenters. The van der Waals surface area contributed by atoms with Gasteiger partial charge < -0.3 is 21.5 Å². The number of hydrogen-bond donors (Lipinski definition) is 4. The number of aromatic nitrogens is 2. The number of nitrogens with one attached hydrogen (secondary N) is 2. The SMILES string of the molecule is CC(O)(CCNC(=O)c1cnc(Nc2ccc3ncsc3c2)cc1N)C(F)(F)F. The third kappa shape index (κ3) is 4.74. The van der Waals surface area contributed by atoms with E-state index in [0.717, 1.165) is 15.9 Å². The molecular weight excluding hydrogens is 407 g/mol. The van der Waals surface area contributed by atoms with Crippen molar-refractivity contribution in [2.24, 2.45) is 0 Å². The fourth-order valence-corrected chi connectivity index (χ4v) is 3.18. The number of carbonyl (C=O) groups is 1. The number of aliphatic hydroxyl groups is 1. The van der Waals surface area contributed by atoms with E-state index in [1.54, 1.807) is 5.51 Å². The van der Waals surface area contributed by atoms with Crippen LogP contribution in [-0.4, -0.2) is 39.3 Å². The Morgan fingerprint density at radius 1 is 1.28 bits per heavy atom. The van der Waals surface area contributed by atoms with E-state index >= 15 is 0 Å². The molecule has 7 nitrogen and oxygen atoms in total. The van der Waals surface area contributed by atoms with Gasteiger partial charge in [-0.3, -0.25) is 4.79 Å². The summed E-state index contributed by atoms with van der Waals surface area (Å²) >= 11 is 1.49. The molecule has 29 heavy (non-hydrogen) atoms. The first-order valence-corrected chi connectivity index (χ1v) is 9.38. The van der Waals surface area contributed by atoms with Crippen molar-refractivity contribution in [3.8, 4) is 0 Å². The van der Waals surface area contributed by atoms with E-state index in [-0.39, 0.29) is 17.8 Å². The molecule has 3 rings (SSSR count). The van der Waals surface area contributed by atoms with Crippen LogP contribution in [0.15, 0.2) is 36.0 Å². The Kier molecular flexibility index (Phi) is 5.62. The maximum Gasteiger partial charge on any atom is 0.416 e. The number of pyridine rings is 1. The number of nitrogen functional groups attached to an aromatic ring is 1. The van der Waals surface area contributed by atoms with Crippen LogP contribution in [0, 0.1) is 0 Å². The van der Waals surface area contributed by atoms with Gasteiger partial charge in [0.2, 0.25) is 0 Å². The van der Waals surface area contributed by atoms with Crippen molar-refractivity contribution < 1.29 is 23.1 Å². The number of nitrogens with two attached hydrogens (primary N) is 1. The highest BCUT2D eigenvalue weighted by Crippen LogP contribution is 2.32. The van der Waals surface area contributed by atoms with Gasteiger partial charge >= 0.3 is 6.18 Å². The molecule has 0 aliphatic heterocycles. The van der Waals surface area contributed by atoms with E-state index < -0.39 is 24.1 Å². The van der Waals surface area contributed by atoms with Gasteiger partial charge in [0, 0.05) is 36.6 Å². The van der Waals surface area contributed by atoms with E-state index in [9.17, 15) is 23.1 Å². The Bertz CT molecular complexity index is 1040. The van der Waals surface area contributed by atoms with Gasteiger partial charge in [0.25, 0.3) is 5.91 Å². The third-order valence-electron chi connectivity index (χ3n) is 4.29. The average Bonchev–Trinajstić information content (AvgIpc) is 3.08. The van der Waals surface area contributed by atoms with E-state index in [2.05, 4.69) is 20.6 Å². The molecule has 0 fully saturated rings. The molecule has 154 valence electrons. The Balaban J connectivity index is 1.63. The maximum absolute atomic E-state index is 12.6. The van der Waals surface area contributed by atoms with Gasteiger partial charge in [-0.05, 0) is 25.1 Å². The zero-order valence-electron chi connectivity index (χ0n) is 15.2. The minimum absolute atomic E-state index is 0.0279. The van der Waals surface area contributed by atoms with Crippen molar-refractivity contribution >= 4 is 44.7 Å². The van der Waals surface area contributed by atoms with Gasteiger partial charge in [-0.25, -0.2) is 9.97 Å². The van der Waals surface area contributed by atoms with Crippen LogP contribution in [0.4, 0.5) is 30.4 Å².